The molecule has 1 amide bonds. The van der Waals surface area contributed by atoms with Gasteiger partial charge in [-0.05, 0) is 33.4 Å². The largest absolute Gasteiger partial charge is 0.352 e. The Morgan fingerprint density at radius 3 is 3.12 bits per heavy atom. The average molecular weight is 310 g/mol. The minimum Gasteiger partial charge on any atom is -0.352 e. The van der Waals surface area contributed by atoms with Crippen LogP contribution in [0.5, 0.6) is 0 Å². The first kappa shape index (κ1) is 10.7. The van der Waals surface area contributed by atoms with Crippen molar-refractivity contribution in [2.24, 2.45) is 0 Å². The Labute approximate surface area is 110 Å². The maximum Gasteiger partial charge on any atom is 0.252 e. The van der Waals surface area contributed by atoms with Crippen LogP contribution in [-0.2, 0) is 4.79 Å². The summed E-state index contributed by atoms with van der Waals surface area (Å²) in [4.78, 5) is 17.2. The molecule has 2 aromatic heterocycles. The molecule has 2 N–H and O–H groups in total. The van der Waals surface area contributed by atoms with Gasteiger partial charge in [-0.3, -0.25) is 4.79 Å². The molecule has 0 bridgehead atoms. The predicted octanol–water partition coefficient (Wildman–Crippen LogP) is 3.01. The Balaban J connectivity index is 1.98. The first-order valence-corrected chi connectivity index (χ1v) is 6.67. The first-order valence-electron chi connectivity index (χ1n) is 5.00. The number of hydrogen-bond acceptors (Lipinski definition) is 4. The second-order valence-electron chi connectivity index (χ2n) is 3.63. The Bertz CT molecular complexity index is 570. The molecule has 0 saturated carbocycles. The molecule has 0 fully saturated rings. The van der Waals surface area contributed by atoms with Crippen LogP contribution < -0.4 is 10.6 Å². The number of carbonyl (C=O) groups is 1. The molecular formula is C11H8BrN3OS. The number of pyridine rings is 1. The smallest absolute Gasteiger partial charge is 0.252 e. The van der Waals surface area contributed by atoms with Gasteiger partial charge in [0.15, 0.2) is 5.82 Å². The van der Waals surface area contributed by atoms with E-state index in [4.69, 9.17) is 0 Å². The molecule has 0 radical (unpaired) electrons. The number of amides is 1. The number of hydrogen-bond donors (Lipinski definition) is 2. The molecule has 1 unspecified atom stereocenters. The van der Waals surface area contributed by atoms with E-state index < -0.39 is 0 Å². The van der Waals surface area contributed by atoms with E-state index in [9.17, 15) is 4.79 Å². The Morgan fingerprint density at radius 1 is 1.47 bits per heavy atom. The zero-order valence-electron chi connectivity index (χ0n) is 8.61. The fourth-order valence-electron chi connectivity index (χ4n) is 1.71. The van der Waals surface area contributed by atoms with Crippen LogP contribution >= 0.6 is 27.3 Å². The molecule has 86 valence electrons. The van der Waals surface area contributed by atoms with E-state index >= 15 is 0 Å². The number of nitrogens with zero attached hydrogens (tertiary/aromatic N) is 1. The summed E-state index contributed by atoms with van der Waals surface area (Å²) in [5.74, 6) is 0.644. The lowest BCUT2D eigenvalue weighted by Gasteiger charge is -2.25. The second kappa shape index (κ2) is 4.12. The van der Waals surface area contributed by atoms with Gasteiger partial charge in [0.05, 0.1) is 5.69 Å². The van der Waals surface area contributed by atoms with Gasteiger partial charge >= 0.3 is 0 Å². The van der Waals surface area contributed by atoms with Gasteiger partial charge in [-0.15, -0.1) is 11.3 Å². The minimum atomic E-state index is -0.351. The van der Waals surface area contributed by atoms with Crippen LogP contribution in [0, 0.1) is 0 Å². The SMILES string of the molecule is O=C1Nc2cc(Br)cnc2NC1c1cccs1. The Kier molecular flexibility index (Phi) is 2.60. The van der Waals surface area contributed by atoms with Crippen molar-refractivity contribution in [1.82, 2.24) is 4.98 Å². The van der Waals surface area contributed by atoms with E-state index in [1.54, 1.807) is 17.5 Å². The lowest BCUT2D eigenvalue weighted by Crippen LogP contribution is -2.31. The number of anilines is 2. The molecule has 3 heterocycles. The molecule has 3 rings (SSSR count). The molecule has 0 spiro atoms. The summed E-state index contributed by atoms with van der Waals surface area (Å²) in [5, 5.41) is 7.95. The normalized spacial score (nSPS) is 18.2. The van der Waals surface area contributed by atoms with Crippen molar-refractivity contribution < 1.29 is 4.79 Å². The third-order valence-corrected chi connectivity index (χ3v) is 3.85. The van der Waals surface area contributed by atoms with Crippen molar-refractivity contribution in [3.63, 3.8) is 0 Å². The van der Waals surface area contributed by atoms with Crippen LogP contribution in [-0.4, -0.2) is 10.9 Å². The van der Waals surface area contributed by atoms with Gasteiger partial charge in [0.1, 0.15) is 6.04 Å². The highest BCUT2D eigenvalue weighted by atomic mass is 79.9. The monoisotopic (exact) mass is 309 g/mol. The zero-order chi connectivity index (χ0) is 11.8. The molecule has 1 atom stereocenters. The van der Waals surface area contributed by atoms with Crippen LogP contribution in [0.1, 0.15) is 10.9 Å². The molecule has 4 nitrogen and oxygen atoms in total. The van der Waals surface area contributed by atoms with Gasteiger partial charge in [0.25, 0.3) is 5.91 Å². The average Bonchev–Trinajstić information content (AvgIpc) is 2.81. The van der Waals surface area contributed by atoms with Crippen LogP contribution in [0.4, 0.5) is 11.5 Å². The van der Waals surface area contributed by atoms with Crippen molar-refractivity contribution >= 4 is 44.7 Å². The third-order valence-electron chi connectivity index (χ3n) is 2.48. The number of fused-ring (bicyclic) bond motifs is 1. The summed E-state index contributed by atoms with van der Waals surface area (Å²) in [7, 11) is 0. The molecule has 1 aliphatic rings. The summed E-state index contributed by atoms with van der Waals surface area (Å²) >= 11 is 4.88. The summed E-state index contributed by atoms with van der Waals surface area (Å²) in [6, 6.07) is 5.35. The van der Waals surface area contributed by atoms with Gasteiger partial charge < -0.3 is 10.6 Å². The lowest BCUT2D eigenvalue weighted by atomic mass is 10.1. The molecule has 1 aliphatic heterocycles. The number of carbonyl (C=O) groups excluding carboxylic acids is 1. The maximum absolute atomic E-state index is 12.0. The van der Waals surface area contributed by atoms with Gasteiger partial charge in [-0.25, -0.2) is 4.98 Å². The van der Waals surface area contributed by atoms with E-state index in [1.165, 1.54) is 0 Å². The molecule has 0 saturated heterocycles. The second-order valence-corrected chi connectivity index (χ2v) is 5.53. The van der Waals surface area contributed by atoms with Crippen molar-refractivity contribution in [3.8, 4) is 0 Å². The predicted molar refractivity (Wildman–Crippen MR) is 71.2 cm³/mol. The van der Waals surface area contributed by atoms with E-state index in [2.05, 4.69) is 31.5 Å². The summed E-state index contributed by atoms with van der Waals surface area (Å²) < 4.78 is 0.841. The Morgan fingerprint density at radius 2 is 2.35 bits per heavy atom. The number of thiophene rings is 1. The van der Waals surface area contributed by atoms with Gasteiger partial charge in [0.2, 0.25) is 0 Å². The van der Waals surface area contributed by atoms with E-state index in [0.29, 0.717) is 11.5 Å². The van der Waals surface area contributed by atoms with Crippen LogP contribution in [0.15, 0.2) is 34.2 Å². The highest BCUT2D eigenvalue weighted by Crippen LogP contribution is 2.33. The fourth-order valence-corrected chi connectivity index (χ4v) is 2.82. The Hall–Kier alpha value is -1.40. The van der Waals surface area contributed by atoms with E-state index in [0.717, 1.165) is 9.35 Å². The maximum atomic E-state index is 12.0. The van der Waals surface area contributed by atoms with E-state index in [-0.39, 0.29) is 11.9 Å². The summed E-state index contributed by atoms with van der Waals surface area (Å²) in [6.45, 7) is 0. The molecule has 0 aliphatic carbocycles. The van der Waals surface area contributed by atoms with Crippen molar-refractivity contribution in [1.29, 1.82) is 0 Å². The quantitative estimate of drug-likeness (QED) is 0.851. The number of halogens is 1. The van der Waals surface area contributed by atoms with Crippen molar-refractivity contribution in [2.75, 3.05) is 10.6 Å². The highest BCUT2D eigenvalue weighted by Gasteiger charge is 2.28. The molecule has 17 heavy (non-hydrogen) atoms. The molecular weight excluding hydrogens is 302 g/mol. The first-order chi connectivity index (χ1) is 8.24. The zero-order valence-corrected chi connectivity index (χ0v) is 11.0. The number of nitrogens with one attached hydrogen (secondary N) is 2. The standard InChI is InChI=1S/C11H8BrN3OS/c12-6-4-7-10(13-5-6)15-9(11(16)14-7)8-2-1-3-17-8/h1-5,9H,(H,13,15)(H,14,16). The minimum absolute atomic E-state index is 0.0557. The van der Waals surface area contributed by atoms with E-state index in [1.807, 2.05) is 23.6 Å². The van der Waals surface area contributed by atoms with Gasteiger partial charge in [0, 0.05) is 15.5 Å². The van der Waals surface area contributed by atoms with Crippen molar-refractivity contribution in [3.05, 3.63) is 39.1 Å². The molecule has 2 aromatic rings. The van der Waals surface area contributed by atoms with Gasteiger partial charge in [-0.1, -0.05) is 6.07 Å². The topological polar surface area (TPSA) is 54.0 Å². The highest BCUT2D eigenvalue weighted by molar-refractivity contribution is 9.10. The molecule has 0 aromatic carbocycles. The summed E-state index contributed by atoms with van der Waals surface area (Å²) in [6.07, 6.45) is 1.70. The van der Waals surface area contributed by atoms with Crippen LogP contribution in [0.3, 0.4) is 0 Å². The fraction of sp³-hybridized carbons (Fsp3) is 0.0909. The van der Waals surface area contributed by atoms with Crippen LogP contribution in [0.25, 0.3) is 0 Å². The van der Waals surface area contributed by atoms with Crippen molar-refractivity contribution in [2.45, 2.75) is 6.04 Å². The number of rotatable bonds is 1. The van der Waals surface area contributed by atoms with Gasteiger partial charge in [-0.2, -0.15) is 0 Å². The third kappa shape index (κ3) is 1.94. The van der Waals surface area contributed by atoms with Crippen LogP contribution in [0.2, 0.25) is 0 Å². The lowest BCUT2D eigenvalue weighted by molar-refractivity contribution is -0.117. The summed E-state index contributed by atoms with van der Waals surface area (Å²) in [5.41, 5.74) is 0.706. The number of aromatic nitrogens is 1. The molecule has 6 heteroatoms.